The number of likely N-dealkylation sites (N-methyl/N-ethyl adjacent to an activating group) is 1. The maximum atomic E-state index is 5.92. The fourth-order valence-corrected chi connectivity index (χ4v) is 4.01. The zero-order valence-corrected chi connectivity index (χ0v) is 10.1. The lowest BCUT2D eigenvalue weighted by molar-refractivity contribution is 0.0182. The van der Waals surface area contributed by atoms with Gasteiger partial charge in [0, 0.05) is 29.1 Å². The van der Waals surface area contributed by atoms with Crippen molar-refractivity contribution >= 4 is 11.8 Å². The van der Waals surface area contributed by atoms with Gasteiger partial charge in [-0.15, -0.1) is 0 Å². The number of hydrogen-bond acceptors (Lipinski definition) is 3. The lowest BCUT2D eigenvalue weighted by Crippen LogP contribution is -2.60. The Labute approximate surface area is 91.6 Å². The molecule has 1 saturated carbocycles. The molecular weight excluding hydrogens is 192 g/mol. The van der Waals surface area contributed by atoms with E-state index in [1.165, 1.54) is 31.4 Å². The zero-order chi connectivity index (χ0) is 10.2. The topological polar surface area (TPSA) is 29.3 Å². The van der Waals surface area contributed by atoms with Crippen molar-refractivity contribution in [2.75, 3.05) is 19.3 Å². The third-order valence-corrected chi connectivity index (χ3v) is 5.48. The molecule has 0 bridgehead atoms. The van der Waals surface area contributed by atoms with E-state index in [9.17, 15) is 0 Å². The fraction of sp³-hybridized carbons (Fsp3) is 1.00. The first-order valence-electron chi connectivity index (χ1n) is 5.72. The molecule has 0 aromatic carbocycles. The molecule has 14 heavy (non-hydrogen) atoms. The van der Waals surface area contributed by atoms with Gasteiger partial charge in [-0.25, -0.2) is 0 Å². The molecule has 3 heteroatoms. The van der Waals surface area contributed by atoms with E-state index in [4.69, 9.17) is 5.73 Å². The van der Waals surface area contributed by atoms with Gasteiger partial charge in [-0.3, -0.25) is 4.90 Å². The standard InChI is InChI=1S/C11H22N2S/c1-9-6-10(7-14-9)13(2)11(8-12)4-3-5-11/h9-10H,3-8,12H2,1-2H3. The molecule has 0 spiro atoms. The van der Waals surface area contributed by atoms with E-state index in [2.05, 4.69) is 30.6 Å². The van der Waals surface area contributed by atoms with Crippen molar-refractivity contribution in [3.05, 3.63) is 0 Å². The predicted molar refractivity (Wildman–Crippen MR) is 63.7 cm³/mol. The van der Waals surface area contributed by atoms with E-state index in [0.717, 1.165) is 17.8 Å². The third kappa shape index (κ3) is 1.70. The maximum absolute atomic E-state index is 5.92. The van der Waals surface area contributed by atoms with Crippen molar-refractivity contribution < 1.29 is 0 Å². The van der Waals surface area contributed by atoms with Gasteiger partial charge in [0.2, 0.25) is 0 Å². The highest BCUT2D eigenvalue weighted by Crippen LogP contribution is 2.40. The average Bonchev–Trinajstić information content (AvgIpc) is 2.50. The average molecular weight is 214 g/mol. The highest BCUT2D eigenvalue weighted by atomic mass is 32.2. The van der Waals surface area contributed by atoms with Crippen LogP contribution < -0.4 is 5.73 Å². The lowest BCUT2D eigenvalue weighted by atomic mass is 9.75. The summed E-state index contributed by atoms with van der Waals surface area (Å²) in [4.78, 5) is 2.59. The summed E-state index contributed by atoms with van der Waals surface area (Å²) < 4.78 is 0. The second-order valence-corrected chi connectivity index (χ2v) is 6.40. The van der Waals surface area contributed by atoms with Crippen LogP contribution in [0.25, 0.3) is 0 Å². The van der Waals surface area contributed by atoms with Crippen LogP contribution in [-0.2, 0) is 0 Å². The molecule has 1 aliphatic heterocycles. The van der Waals surface area contributed by atoms with Gasteiger partial charge in [0.05, 0.1) is 0 Å². The summed E-state index contributed by atoms with van der Waals surface area (Å²) in [6.45, 7) is 3.19. The van der Waals surface area contributed by atoms with Crippen LogP contribution in [0.15, 0.2) is 0 Å². The van der Waals surface area contributed by atoms with E-state index in [-0.39, 0.29) is 0 Å². The van der Waals surface area contributed by atoms with Crippen molar-refractivity contribution in [2.45, 2.75) is 49.4 Å². The molecule has 1 heterocycles. The fourth-order valence-electron chi connectivity index (χ4n) is 2.74. The van der Waals surface area contributed by atoms with Crippen molar-refractivity contribution in [1.29, 1.82) is 0 Å². The van der Waals surface area contributed by atoms with Crippen molar-refractivity contribution in [3.63, 3.8) is 0 Å². The third-order valence-electron chi connectivity index (χ3n) is 4.14. The molecule has 2 aliphatic rings. The monoisotopic (exact) mass is 214 g/mol. The van der Waals surface area contributed by atoms with Gasteiger partial charge in [-0.05, 0) is 32.7 Å². The summed E-state index contributed by atoms with van der Waals surface area (Å²) in [5.41, 5.74) is 6.29. The van der Waals surface area contributed by atoms with Gasteiger partial charge >= 0.3 is 0 Å². The summed E-state index contributed by atoms with van der Waals surface area (Å²) >= 11 is 2.11. The second-order valence-electron chi connectivity index (χ2n) is 4.93. The zero-order valence-electron chi connectivity index (χ0n) is 9.33. The first kappa shape index (κ1) is 10.8. The second kappa shape index (κ2) is 4.03. The summed E-state index contributed by atoms with van der Waals surface area (Å²) in [6.07, 6.45) is 5.35. The van der Waals surface area contributed by atoms with Crippen molar-refractivity contribution in [1.82, 2.24) is 4.90 Å². The van der Waals surface area contributed by atoms with E-state index in [0.29, 0.717) is 5.54 Å². The Balaban J connectivity index is 1.96. The summed E-state index contributed by atoms with van der Waals surface area (Å²) in [5.74, 6) is 1.30. The van der Waals surface area contributed by atoms with Crippen molar-refractivity contribution in [2.24, 2.45) is 5.73 Å². The van der Waals surface area contributed by atoms with Crippen LogP contribution in [0.3, 0.4) is 0 Å². The van der Waals surface area contributed by atoms with Crippen LogP contribution in [0.1, 0.15) is 32.6 Å². The lowest BCUT2D eigenvalue weighted by Gasteiger charge is -2.50. The van der Waals surface area contributed by atoms with Gasteiger partial charge in [-0.2, -0.15) is 11.8 Å². The first-order valence-corrected chi connectivity index (χ1v) is 6.77. The smallest absolute Gasteiger partial charge is 0.0332 e. The first-order chi connectivity index (χ1) is 6.68. The number of nitrogens with zero attached hydrogens (tertiary/aromatic N) is 1. The van der Waals surface area contributed by atoms with Gasteiger partial charge in [-0.1, -0.05) is 6.92 Å². The highest BCUT2D eigenvalue weighted by molar-refractivity contribution is 8.00. The summed E-state index contributed by atoms with van der Waals surface area (Å²) in [5, 5.41) is 0.845. The van der Waals surface area contributed by atoms with Crippen molar-refractivity contribution in [3.8, 4) is 0 Å². The van der Waals surface area contributed by atoms with Crippen LogP contribution >= 0.6 is 11.8 Å². The van der Waals surface area contributed by atoms with Gasteiger partial charge in [0.1, 0.15) is 0 Å². The molecule has 0 aromatic rings. The molecule has 2 fully saturated rings. The van der Waals surface area contributed by atoms with Gasteiger partial charge < -0.3 is 5.73 Å². The number of rotatable bonds is 3. The quantitative estimate of drug-likeness (QED) is 0.775. The van der Waals surface area contributed by atoms with Crippen LogP contribution in [0.2, 0.25) is 0 Å². The molecule has 2 N–H and O–H groups in total. The Hall–Kier alpha value is 0.270. The molecule has 82 valence electrons. The molecule has 2 rings (SSSR count). The molecule has 1 aliphatic carbocycles. The van der Waals surface area contributed by atoms with Crippen LogP contribution in [0.4, 0.5) is 0 Å². The number of thioether (sulfide) groups is 1. The Morgan fingerprint density at radius 3 is 2.57 bits per heavy atom. The molecule has 0 aromatic heterocycles. The SMILES string of the molecule is CC1CC(N(C)C2(CN)CCC2)CS1. The van der Waals surface area contributed by atoms with Gasteiger partial charge in [0.25, 0.3) is 0 Å². The minimum atomic E-state index is 0.370. The predicted octanol–water partition coefficient (Wildman–Crippen LogP) is 1.69. The van der Waals surface area contributed by atoms with Crippen LogP contribution in [0, 0.1) is 0 Å². The maximum Gasteiger partial charge on any atom is 0.0332 e. The molecule has 0 radical (unpaired) electrons. The molecular formula is C11H22N2S. The van der Waals surface area contributed by atoms with E-state index in [1.54, 1.807) is 0 Å². The van der Waals surface area contributed by atoms with Crippen LogP contribution in [0.5, 0.6) is 0 Å². The highest BCUT2D eigenvalue weighted by Gasteiger charge is 2.43. The minimum Gasteiger partial charge on any atom is -0.329 e. The minimum absolute atomic E-state index is 0.370. The Morgan fingerprint density at radius 1 is 1.50 bits per heavy atom. The Bertz CT molecular complexity index is 198. The van der Waals surface area contributed by atoms with Crippen LogP contribution in [-0.4, -0.2) is 41.1 Å². The number of nitrogens with two attached hydrogens (primary N) is 1. The Morgan fingerprint density at radius 2 is 2.21 bits per heavy atom. The largest absolute Gasteiger partial charge is 0.329 e. The molecule has 2 unspecified atom stereocenters. The molecule has 2 nitrogen and oxygen atoms in total. The Kier molecular flexibility index (Phi) is 3.10. The summed E-state index contributed by atoms with van der Waals surface area (Å²) in [7, 11) is 2.29. The van der Waals surface area contributed by atoms with Gasteiger partial charge in [0.15, 0.2) is 0 Å². The van der Waals surface area contributed by atoms with E-state index < -0.39 is 0 Å². The summed E-state index contributed by atoms with van der Waals surface area (Å²) in [6, 6.07) is 0.777. The molecule has 2 atom stereocenters. The molecule has 1 saturated heterocycles. The molecule has 0 amide bonds. The number of hydrogen-bond donors (Lipinski definition) is 1. The van der Waals surface area contributed by atoms with E-state index >= 15 is 0 Å². The van der Waals surface area contributed by atoms with E-state index in [1.807, 2.05) is 0 Å². The normalized spacial score (nSPS) is 36.0.